The van der Waals surface area contributed by atoms with Gasteiger partial charge in [0.15, 0.2) is 0 Å². The average Bonchev–Trinajstić information content (AvgIpc) is 3.29. The fourth-order valence-corrected chi connectivity index (χ4v) is 2.68. The molecule has 0 bridgehead atoms. The fraction of sp³-hybridized carbons (Fsp3) is 0.0588. The quantitative estimate of drug-likeness (QED) is 0.591. The molecular weight excluding hydrogens is 340 g/mol. The van der Waals surface area contributed by atoms with Crippen LogP contribution in [0.3, 0.4) is 0 Å². The van der Waals surface area contributed by atoms with Crippen LogP contribution in [0.4, 0.5) is 0 Å². The van der Waals surface area contributed by atoms with E-state index in [2.05, 4.69) is 25.5 Å². The maximum Gasteiger partial charge on any atom is 0.251 e. The van der Waals surface area contributed by atoms with E-state index in [-0.39, 0.29) is 5.91 Å². The Morgan fingerprint density at radius 1 is 1.12 bits per heavy atom. The number of nitrogens with one attached hydrogen (secondary N) is 2. The second-order valence-corrected chi connectivity index (χ2v) is 5.88. The summed E-state index contributed by atoms with van der Waals surface area (Å²) in [5, 5.41) is 11.0. The number of benzene rings is 2. The van der Waals surface area contributed by atoms with Crippen LogP contribution in [0.25, 0.3) is 16.7 Å². The second-order valence-electron chi connectivity index (χ2n) is 5.44. The van der Waals surface area contributed by atoms with Crippen molar-refractivity contribution in [1.29, 1.82) is 0 Å². The van der Waals surface area contributed by atoms with Crippen LogP contribution in [0.1, 0.15) is 16.2 Å². The first-order valence-electron chi connectivity index (χ1n) is 7.56. The minimum Gasteiger partial charge on any atom is -0.345 e. The van der Waals surface area contributed by atoms with Crippen LogP contribution in [0.5, 0.6) is 0 Å². The van der Waals surface area contributed by atoms with Crippen LogP contribution in [0, 0.1) is 0 Å². The molecule has 0 saturated heterocycles. The highest BCUT2D eigenvalue weighted by molar-refractivity contribution is 6.31. The van der Waals surface area contributed by atoms with Crippen molar-refractivity contribution >= 4 is 28.5 Å². The van der Waals surface area contributed by atoms with E-state index in [9.17, 15) is 4.79 Å². The standard InChI is InChI=1S/C17H13ClN6O/c18-12-3-6-14-15(7-12)23-16(22-14)8-19-17(25)11-1-4-13(5-2-11)24-9-20-21-10-24/h1-7,9-10H,8H2,(H,19,25)(H,22,23). The monoisotopic (exact) mass is 352 g/mol. The second kappa shape index (κ2) is 6.37. The lowest BCUT2D eigenvalue weighted by Crippen LogP contribution is -2.23. The van der Waals surface area contributed by atoms with Crippen LogP contribution in [0.15, 0.2) is 55.1 Å². The van der Waals surface area contributed by atoms with Gasteiger partial charge in [0.2, 0.25) is 0 Å². The van der Waals surface area contributed by atoms with Crippen molar-refractivity contribution in [2.75, 3.05) is 0 Å². The number of carbonyl (C=O) groups is 1. The number of aromatic nitrogens is 5. The molecule has 0 spiro atoms. The number of halogens is 1. The summed E-state index contributed by atoms with van der Waals surface area (Å²) in [4.78, 5) is 19.8. The number of carbonyl (C=O) groups excluding carboxylic acids is 1. The number of hydrogen-bond donors (Lipinski definition) is 2. The zero-order valence-corrected chi connectivity index (χ0v) is 13.7. The number of H-pyrrole nitrogens is 1. The van der Waals surface area contributed by atoms with E-state index in [0.29, 0.717) is 23.0 Å². The summed E-state index contributed by atoms with van der Waals surface area (Å²) in [6.45, 7) is 0.304. The minimum absolute atomic E-state index is 0.172. The van der Waals surface area contributed by atoms with E-state index < -0.39 is 0 Å². The smallest absolute Gasteiger partial charge is 0.251 e. The highest BCUT2D eigenvalue weighted by atomic mass is 35.5. The highest BCUT2D eigenvalue weighted by Crippen LogP contribution is 2.17. The van der Waals surface area contributed by atoms with Gasteiger partial charge in [-0.05, 0) is 42.5 Å². The highest BCUT2D eigenvalue weighted by Gasteiger charge is 2.08. The lowest BCUT2D eigenvalue weighted by atomic mass is 10.2. The number of amides is 1. The third-order valence-electron chi connectivity index (χ3n) is 3.76. The molecule has 0 radical (unpaired) electrons. The Bertz CT molecular complexity index is 1020. The van der Waals surface area contributed by atoms with Crippen molar-refractivity contribution in [3.05, 3.63) is 71.5 Å². The zero-order chi connectivity index (χ0) is 17.2. The molecule has 2 aromatic carbocycles. The Morgan fingerprint density at radius 3 is 2.64 bits per heavy atom. The molecule has 8 heteroatoms. The van der Waals surface area contributed by atoms with Crippen molar-refractivity contribution in [2.24, 2.45) is 0 Å². The third kappa shape index (κ3) is 3.22. The Balaban J connectivity index is 1.44. The first-order chi connectivity index (χ1) is 12.2. The summed E-state index contributed by atoms with van der Waals surface area (Å²) >= 11 is 5.96. The van der Waals surface area contributed by atoms with Crippen LogP contribution in [-0.4, -0.2) is 30.6 Å². The molecule has 0 aliphatic rings. The average molecular weight is 353 g/mol. The predicted octanol–water partition coefficient (Wildman–Crippen LogP) is 2.73. The zero-order valence-electron chi connectivity index (χ0n) is 13.0. The Labute approximate surface area is 147 Å². The first-order valence-corrected chi connectivity index (χ1v) is 7.94. The van der Waals surface area contributed by atoms with E-state index in [0.717, 1.165) is 16.7 Å². The molecule has 2 heterocycles. The number of rotatable bonds is 4. The lowest BCUT2D eigenvalue weighted by molar-refractivity contribution is 0.0950. The van der Waals surface area contributed by atoms with E-state index in [1.807, 2.05) is 18.2 Å². The summed E-state index contributed by atoms with van der Waals surface area (Å²) in [6, 6.07) is 12.6. The summed E-state index contributed by atoms with van der Waals surface area (Å²) in [6.07, 6.45) is 3.20. The van der Waals surface area contributed by atoms with Gasteiger partial charge in [0.05, 0.1) is 17.6 Å². The summed E-state index contributed by atoms with van der Waals surface area (Å²) in [7, 11) is 0. The van der Waals surface area contributed by atoms with Crippen LogP contribution in [-0.2, 0) is 6.54 Å². The Kier molecular flexibility index (Phi) is 3.91. The number of fused-ring (bicyclic) bond motifs is 1. The molecule has 0 aliphatic carbocycles. The van der Waals surface area contributed by atoms with Crippen molar-refractivity contribution in [1.82, 2.24) is 30.0 Å². The van der Waals surface area contributed by atoms with Crippen LogP contribution in [0.2, 0.25) is 5.02 Å². The van der Waals surface area contributed by atoms with Gasteiger partial charge in [-0.25, -0.2) is 4.98 Å². The fourth-order valence-electron chi connectivity index (χ4n) is 2.50. The lowest BCUT2D eigenvalue weighted by Gasteiger charge is -2.05. The molecule has 2 N–H and O–H groups in total. The molecule has 0 atom stereocenters. The topological polar surface area (TPSA) is 88.5 Å². The van der Waals surface area contributed by atoms with Crippen molar-refractivity contribution < 1.29 is 4.79 Å². The van der Waals surface area contributed by atoms with E-state index in [1.165, 1.54) is 0 Å². The largest absolute Gasteiger partial charge is 0.345 e. The van der Waals surface area contributed by atoms with Crippen molar-refractivity contribution in [3.8, 4) is 5.69 Å². The molecule has 1 amide bonds. The third-order valence-corrected chi connectivity index (χ3v) is 3.99. The number of aromatic amines is 1. The first kappa shape index (κ1) is 15.3. The summed E-state index contributed by atoms with van der Waals surface area (Å²) in [5.41, 5.74) is 3.11. The van der Waals surface area contributed by atoms with Gasteiger partial charge in [0.1, 0.15) is 18.5 Å². The minimum atomic E-state index is -0.172. The van der Waals surface area contributed by atoms with Gasteiger partial charge in [0, 0.05) is 16.3 Å². The summed E-state index contributed by atoms with van der Waals surface area (Å²) < 4.78 is 1.77. The van der Waals surface area contributed by atoms with Crippen LogP contribution >= 0.6 is 11.6 Å². The van der Waals surface area contributed by atoms with Gasteiger partial charge >= 0.3 is 0 Å². The van der Waals surface area contributed by atoms with Gasteiger partial charge in [-0.3, -0.25) is 9.36 Å². The molecule has 124 valence electrons. The molecule has 7 nitrogen and oxygen atoms in total. The number of hydrogen-bond acceptors (Lipinski definition) is 4. The van der Waals surface area contributed by atoms with Gasteiger partial charge in [-0.2, -0.15) is 0 Å². The van der Waals surface area contributed by atoms with E-state index >= 15 is 0 Å². The van der Waals surface area contributed by atoms with Gasteiger partial charge in [0.25, 0.3) is 5.91 Å². The van der Waals surface area contributed by atoms with E-state index in [1.54, 1.807) is 41.5 Å². The van der Waals surface area contributed by atoms with Gasteiger partial charge in [-0.1, -0.05) is 11.6 Å². The molecule has 25 heavy (non-hydrogen) atoms. The molecule has 4 rings (SSSR count). The molecule has 0 fully saturated rings. The van der Waals surface area contributed by atoms with Gasteiger partial charge in [-0.15, -0.1) is 10.2 Å². The molecule has 2 aromatic heterocycles. The predicted molar refractivity (Wildman–Crippen MR) is 93.6 cm³/mol. The normalized spacial score (nSPS) is 10.9. The molecular formula is C17H13ClN6O. The van der Waals surface area contributed by atoms with Crippen LogP contribution < -0.4 is 5.32 Å². The van der Waals surface area contributed by atoms with Gasteiger partial charge < -0.3 is 10.3 Å². The number of nitrogens with zero attached hydrogens (tertiary/aromatic N) is 4. The maximum absolute atomic E-state index is 12.3. The molecule has 4 aromatic rings. The molecule has 0 aliphatic heterocycles. The molecule has 0 unspecified atom stereocenters. The van der Waals surface area contributed by atoms with E-state index in [4.69, 9.17) is 11.6 Å². The Morgan fingerprint density at radius 2 is 1.88 bits per heavy atom. The summed E-state index contributed by atoms with van der Waals surface area (Å²) in [5.74, 6) is 0.500. The maximum atomic E-state index is 12.3. The SMILES string of the molecule is O=C(NCc1nc2ccc(Cl)cc2[nH]1)c1ccc(-n2cnnc2)cc1. The Hall–Kier alpha value is -3.19. The number of imidazole rings is 1. The van der Waals surface area contributed by atoms with Crippen molar-refractivity contribution in [2.45, 2.75) is 6.54 Å². The molecule has 0 saturated carbocycles. The van der Waals surface area contributed by atoms with Crippen molar-refractivity contribution in [3.63, 3.8) is 0 Å².